The Morgan fingerprint density at radius 2 is 2.08 bits per heavy atom. The zero-order valence-corrected chi connectivity index (χ0v) is 16.5. The summed E-state index contributed by atoms with van der Waals surface area (Å²) in [5, 5.41) is 3.88. The topological polar surface area (TPSA) is 78.1 Å². The molecule has 2 N–H and O–H groups in total. The summed E-state index contributed by atoms with van der Waals surface area (Å²) in [5.74, 6) is 0.296. The molecule has 0 spiro atoms. The Hall–Kier alpha value is -2.22. The Morgan fingerprint density at radius 1 is 1.35 bits per heavy atom. The highest BCUT2D eigenvalue weighted by molar-refractivity contribution is 7.20. The maximum atomic E-state index is 12.7. The van der Waals surface area contributed by atoms with Crippen LogP contribution in [0.1, 0.15) is 26.6 Å². The number of nitrogens with zero attached hydrogens (tertiary/aromatic N) is 2. The molecule has 0 fully saturated rings. The molecule has 6 nitrogen and oxygen atoms in total. The van der Waals surface area contributed by atoms with Crippen LogP contribution in [-0.4, -0.2) is 34.9 Å². The number of aromatic amines is 1. The van der Waals surface area contributed by atoms with Crippen molar-refractivity contribution in [1.29, 1.82) is 0 Å². The number of aromatic nitrogens is 2. The van der Waals surface area contributed by atoms with Crippen LogP contribution in [-0.2, 0) is 6.54 Å². The van der Waals surface area contributed by atoms with E-state index in [4.69, 9.17) is 11.6 Å². The minimum Gasteiger partial charge on any atom is -0.321 e. The molecule has 1 amide bonds. The molecule has 136 valence electrons. The van der Waals surface area contributed by atoms with E-state index in [1.807, 2.05) is 32.0 Å². The van der Waals surface area contributed by atoms with Crippen molar-refractivity contribution in [3.63, 3.8) is 0 Å². The number of fused-ring (bicyclic) bond motifs is 1. The van der Waals surface area contributed by atoms with Crippen LogP contribution in [0.4, 0.5) is 5.69 Å². The van der Waals surface area contributed by atoms with Gasteiger partial charge in [0.2, 0.25) is 0 Å². The SMILES string of the molecule is Cc1ccc(NC(=O)c2sc3nc(CN(C)C)[nH]c(=O)c3c2C)cc1Cl. The van der Waals surface area contributed by atoms with Gasteiger partial charge in [-0.2, -0.15) is 0 Å². The minimum atomic E-state index is -0.279. The predicted octanol–water partition coefficient (Wildman–Crippen LogP) is 3.57. The van der Waals surface area contributed by atoms with Crippen LogP contribution >= 0.6 is 22.9 Å². The molecule has 3 rings (SSSR count). The van der Waals surface area contributed by atoms with Gasteiger partial charge in [-0.15, -0.1) is 11.3 Å². The van der Waals surface area contributed by atoms with Crippen molar-refractivity contribution >= 4 is 44.7 Å². The van der Waals surface area contributed by atoms with E-state index in [2.05, 4.69) is 15.3 Å². The number of anilines is 1. The molecule has 8 heteroatoms. The Bertz CT molecular complexity index is 1060. The van der Waals surface area contributed by atoms with Gasteiger partial charge in [0.1, 0.15) is 10.7 Å². The zero-order valence-electron chi connectivity index (χ0n) is 14.9. The van der Waals surface area contributed by atoms with Crippen LogP contribution in [0.25, 0.3) is 10.2 Å². The maximum absolute atomic E-state index is 12.7. The molecule has 1 aromatic carbocycles. The quantitative estimate of drug-likeness (QED) is 0.713. The molecular formula is C18H19ClN4O2S. The van der Waals surface area contributed by atoms with E-state index in [0.29, 0.717) is 43.7 Å². The van der Waals surface area contributed by atoms with E-state index in [-0.39, 0.29) is 11.5 Å². The summed E-state index contributed by atoms with van der Waals surface area (Å²) in [6, 6.07) is 5.34. The van der Waals surface area contributed by atoms with Crippen LogP contribution in [0.15, 0.2) is 23.0 Å². The molecule has 2 aromatic heterocycles. The first-order valence-electron chi connectivity index (χ1n) is 8.00. The third kappa shape index (κ3) is 3.65. The molecule has 0 bridgehead atoms. The second kappa shape index (κ2) is 7.19. The van der Waals surface area contributed by atoms with Gasteiger partial charge in [0.25, 0.3) is 11.5 Å². The smallest absolute Gasteiger partial charge is 0.266 e. The van der Waals surface area contributed by atoms with Crippen LogP contribution in [0, 0.1) is 13.8 Å². The molecule has 0 aliphatic carbocycles. The monoisotopic (exact) mass is 390 g/mol. The van der Waals surface area contributed by atoms with Gasteiger partial charge < -0.3 is 15.2 Å². The average molecular weight is 391 g/mol. The number of nitrogens with one attached hydrogen (secondary N) is 2. The molecule has 26 heavy (non-hydrogen) atoms. The molecule has 0 radical (unpaired) electrons. The van der Waals surface area contributed by atoms with Crippen LogP contribution < -0.4 is 10.9 Å². The Labute approximate surface area is 159 Å². The highest BCUT2D eigenvalue weighted by Crippen LogP contribution is 2.28. The molecule has 0 atom stereocenters. The lowest BCUT2D eigenvalue weighted by Gasteiger charge is -2.07. The van der Waals surface area contributed by atoms with Gasteiger partial charge in [-0.1, -0.05) is 17.7 Å². The highest BCUT2D eigenvalue weighted by atomic mass is 35.5. The fourth-order valence-electron chi connectivity index (χ4n) is 2.64. The summed E-state index contributed by atoms with van der Waals surface area (Å²) >= 11 is 7.33. The van der Waals surface area contributed by atoms with Gasteiger partial charge in [-0.3, -0.25) is 9.59 Å². The molecule has 0 saturated carbocycles. The number of H-pyrrole nitrogens is 1. The van der Waals surface area contributed by atoms with Gasteiger partial charge in [-0.05, 0) is 51.2 Å². The molecule has 0 unspecified atom stereocenters. The number of hydrogen-bond donors (Lipinski definition) is 2. The first-order valence-corrected chi connectivity index (χ1v) is 9.20. The Kier molecular flexibility index (Phi) is 5.13. The van der Waals surface area contributed by atoms with Crippen molar-refractivity contribution in [2.75, 3.05) is 19.4 Å². The van der Waals surface area contributed by atoms with Gasteiger partial charge in [0, 0.05) is 10.7 Å². The van der Waals surface area contributed by atoms with Crippen LogP contribution in [0.3, 0.4) is 0 Å². The normalized spacial score (nSPS) is 11.3. The summed E-state index contributed by atoms with van der Waals surface area (Å²) < 4.78 is 0. The van der Waals surface area contributed by atoms with E-state index in [9.17, 15) is 9.59 Å². The summed E-state index contributed by atoms with van der Waals surface area (Å²) in [6.45, 7) is 4.18. The Balaban J connectivity index is 1.97. The number of carbonyl (C=O) groups excluding carboxylic acids is 1. The first-order chi connectivity index (χ1) is 12.3. The van der Waals surface area contributed by atoms with Crippen molar-refractivity contribution in [2.45, 2.75) is 20.4 Å². The molecule has 0 aliphatic rings. The van der Waals surface area contributed by atoms with Gasteiger partial charge in [0.05, 0.1) is 16.8 Å². The van der Waals surface area contributed by atoms with E-state index in [1.165, 1.54) is 11.3 Å². The van der Waals surface area contributed by atoms with Crippen molar-refractivity contribution in [1.82, 2.24) is 14.9 Å². The highest BCUT2D eigenvalue weighted by Gasteiger charge is 2.19. The fraction of sp³-hybridized carbons (Fsp3) is 0.278. The lowest BCUT2D eigenvalue weighted by atomic mass is 10.2. The summed E-state index contributed by atoms with van der Waals surface area (Å²) in [4.78, 5) is 35.3. The van der Waals surface area contributed by atoms with Crippen LogP contribution in [0.5, 0.6) is 0 Å². The number of rotatable bonds is 4. The second-order valence-corrected chi connectivity index (χ2v) is 7.81. The lowest BCUT2D eigenvalue weighted by molar-refractivity contribution is 0.103. The zero-order chi connectivity index (χ0) is 19.0. The molecule has 3 aromatic rings. The van der Waals surface area contributed by atoms with Crippen molar-refractivity contribution in [3.05, 3.63) is 55.4 Å². The summed E-state index contributed by atoms with van der Waals surface area (Å²) in [6.07, 6.45) is 0. The summed E-state index contributed by atoms with van der Waals surface area (Å²) in [7, 11) is 3.80. The number of aryl methyl sites for hydroxylation is 2. The number of thiophene rings is 1. The van der Waals surface area contributed by atoms with E-state index >= 15 is 0 Å². The number of carbonyl (C=O) groups is 1. The fourth-order valence-corrected chi connectivity index (χ4v) is 3.91. The largest absolute Gasteiger partial charge is 0.321 e. The van der Waals surface area contributed by atoms with E-state index in [0.717, 1.165) is 5.56 Å². The average Bonchev–Trinajstić information content (AvgIpc) is 2.87. The third-order valence-electron chi connectivity index (χ3n) is 3.95. The predicted molar refractivity (Wildman–Crippen MR) is 107 cm³/mol. The van der Waals surface area contributed by atoms with Crippen LogP contribution in [0.2, 0.25) is 5.02 Å². The molecule has 2 heterocycles. The third-order valence-corrected chi connectivity index (χ3v) is 5.54. The number of hydrogen-bond acceptors (Lipinski definition) is 5. The molecular weight excluding hydrogens is 372 g/mol. The second-order valence-electron chi connectivity index (χ2n) is 6.40. The lowest BCUT2D eigenvalue weighted by Crippen LogP contribution is -2.18. The first kappa shape index (κ1) is 18.6. The molecule has 0 saturated heterocycles. The summed E-state index contributed by atoms with van der Waals surface area (Å²) in [5.41, 5.74) is 1.95. The minimum absolute atomic E-state index is 0.224. The van der Waals surface area contributed by atoms with Gasteiger partial charge in [0.15, 0.2) is 0 Å². The van der Waals surface area contributed by atoms with Crippen molar-refractivity contribution in [3.8, 4) is 0 Å². The van der Waals surface area contributed by atoms with Crippen molar-refractivity contribution in [2.24, 2.45) is 0 Å². The standard InChI is InChI=1S/C18H19ClN4O2S/c1-9-5-6-11(7-12(9)19)20-17(25)15-10(2)14-16(24)21-13(8-23(3)4)22-18(14)26-15/h5-7H,8H2,1-4H3,(H,20,25)(H,21,22,24). The van der Waals surface area contributed by atoms with E-state index in [1.54, 1.807) is 19.1 Å². The number of amides is 1. The maximum Gasteiger partial charge on any atom is 0.266 e. The molecule has 0 aliphatic heterocycles. The van der Waals surface area contributed by atoms with Gasteiger partial charge >= 0.3 is 0 Å². The number of halogens is 1. The number of benzene rings is 1. The van der Waals surface area contributed by atoms with Crippen molar-refractivity contribution < 1.29 is 4.79 Å². The van der Waals surface area contributed by atoms with Gasteiger partial charge in [-0.25, -0.2) is 4.98 Å². The van der Waals surface area contributed by atoms with E-state index < -0.39 is 0 Å². The Morgan fingerprint density at radius 3 is 2.73 bits per heavy atom.